The van der Waals surface area contributed by atoms with Gasteiger partial charge >= 0.3 is 0 Å². The fourth-order valence-electron chi connectivity index (χ4n) is 2.11. The summed E-state index contributed by atoms with van der Waals surface area (Å²) < 4.78 is 5.08. The van der Waals surface area contributed by atoms with Crippen molar-refractivity contribution in [2.75, 3.05) is 18.2 Å². The number of rotatable bonds is 6. The summed E-state index contributed by atoms with van der Waals surface area (Å²) in [7, 11) is 1.59. The molecule has 7 heteroatoms. The van der Waals surface area contributed by atoms with Gasteiger partial charge in [0.15, 0.2) is 0 Å². The molecule has 0 fully saturated rings. The second-order valence-corrected chi connectivity index (χ2v) is 6.22. The molecule has 0 spiro atoms. The number of anilines is 1. The van der Waals surface area contributed by atoms with Crippen LogP contribution in [0.1, 0.15) is 11.1 Å². The van der Waals surface area contributed by atoms with E-state index in [0.29, 0.717) is 5.56 Å². The van der Waals surface area contributed by atoms with E-state index in [4.69, 9.17) is 4.74 Å². The van der Waals surface area contributed by atoms with Crippen molar-refractivity contribution in [2.24, 2.45) is 0 Å². The van der Waals surface area contributed by atoms with Crippen molar-refractivity contribution in [1.29, 1.82) is 0 Å². The highest BCUT2D eigenvalue weighted by atomic mass is 32.2. The van der Waals surface area contributed by atoms with Gasteiger partial charge in [0.1, 0.15) is 11.4 Å². The molecule has 1 N–H and O–H groups in total. The SMILES string of the molecule is COc1ccc(SCC(=O)Nc2c([N+](=O)[O-])ccc(C)c2C)cc1. The molecule has 0 bridgehead atoms. The molecule has 0 radical (unpaired) electrons. The van der Waals surface area contributed by atoms with Gasteiger partial charge in [-0.25, -0.2) is 0 Å². The van der Waals surface area contributed by atoms with Crippen LogP contribution in [0, 0.1) is 24.0 Å². The van der Waals surface area contributed by atoms with E-state index >= 15 is 0 Å². The highest BCUT2D eigenvalue weighted by Gasteiger charge is 2.19. The summed E-state index contributed by atoms with van der Waals surface area (Å²) in [6.45, 7) is 3.61. The average Bonchev–Trinajstić information content (AvgIpc) is 2.57. The second-order valence-electron chi connectivity index (χ2n) is 5.17. The number of amides is 1. The van der Waals surface area contributed by atoms with E-state index in [0.717, 1.165) is 16.2 Å². The van der Waals surface area contributed by atoms with Crippen LogP contribution >= 0.6 is 11.8 Å². The minimum Gasteiger partial charge on any atom is -0.497 e. The van der Waals surface area contributed by atoms with Crippen LogP contribution in [0.2, 0.25) is 0 Å². The molecule has 2 rings (SSSR count). The lowest BCUT2D eigenvalue weighted by Crippen LogP contribution is -2.16. The number of thioether (sulfide) groups is 1. The fraction of sp³-hybridized carbons (Fsp3) is 0.235. The Kier molecular flexibility index (Phi) is 5.81. The Morgan fingerprint density at radius 1 is 1.21 bits per heavy atom. The summed E-state index contributed by atoms with van der Waals surface area (Å²) in [5, 5.41) is 13.8. The van der Waals surface area contributed by atoms with Crippen molar-refractivity contribution in [3.63, 3.8) is 0 Å². The first kappa shape index (κ1) is 17.8. The van der Waals surface area contributed by atoms with Gasteiger partial charge in [-0.05, 0) is 49.2 Å². The van der Waals surface area contributed by atoms with Gasteiger partial charge < -0.3 is 10.1 Å². The lowest BCUT2D eigenvalue weighted by atomic mass is 10.1. The van der Waals surface area contributed by atoms with Crippen LogP contribution in [0.5, 0.6) is 5.75 Å². The average molecular weight is 346 g/mol. The minimum atomic E-state index is -0.487. The van der Waals surface area contributed by atoms with Crippen molar-refractivity contribution < 1.29 is 14.5 Å². The summed E-state index contributed by atoms with van der Waals surface area (Å²) in [6, 6.07) is 10.4. The van der Waals surface area contributed by atoms with Gasteiger partial charge in [0.2, 0.25) is 5.91 Å². The number of hydrogen-bond acceptors (Lipinski definition) is 5. The zero-order chi connectivity index (χ0) is 17.7. The topological polar surface area (TPSA) is 81.5 Å². The number of carbonyl (C=O) groups is 1. The number of nitro benzene ring substituents is 1. The van der Waals surface area contributed by atoms with Crippen LogP contribution in [0.3, 0.4) is 0 Å². The Morgan fingerprint density at radius 2 is 1.88 bits per heavy atom. The Hall–Kier alpha value is -2.54. The molecule has 126 valence electrons. The van der Waals surface area contributed by atoms with E-state index in [9.17, 15) is 14.9 Å². The molecular formula is C17H18N2O4S. The first-order chi connectivity index (χ1) is 11.4. The van der Waals surface area contributed by atoms with Crippen molar-refractivity contribution in [1.82, 2.24) is 0 Å². The van der Waals surface area contributed by atoms with Gasteiger partial charge in [0.05, 0.1) is 17.8 Å². The van der Waals surface area contributed by atoms with Crippen molar-refractivity contribution in [3.8, 4) is 5.75 Å². The highest BCUT2D eigenvalue weighted by molar-refractivity contribution is 8.00. The fourth-order valence-corrected chi connectivity index (χ4v) is 2.81. The Morgan fingerprint density at radius 3 is 2.46 bits per heavy atom. The standard InChI is InChI=1S/C17H18N2O4S/c1-11-4-9-15(19(21)22)17(12(11)2)18-16(20)10-24-14-7-5-13(23-3)6-8-14/h4-9H,10H2,1-3H3,(H,18,20). The molecule has 6 nitrogen and oxygen atoms in total. The first-order valence-corrected chi connectivity index (χ1v) is 8.22. The number of methoxy groups -OCH3 is 1. The molecule has 24 heavy (non-hydrogen) atoms. The third kappa shape index (κ3) is 4.26. The molecule has 0 atom stereocenters. The smallest absolute Gasteiger partial charge is 0.293 e. The van der Waals surface area contributed by atoms with Crippen LogP contribution in [0.4, 0.5) is 11.4 Å². The molecule has 0 saturated heterocycles. The van der Waals surface area contributed by atoms with Crippen molar-refractivity contribution >= 4 is 29.0 Å². The van der Waals surface area contributed by atoms with E-state index in [1.807, 2.05) is 31.2 Å². The quantitative estimate of drug-likeness (QED) is 0.486. The summed E-state index contributed by atoms with van der Waals surface area (Å²) in [5.74, 6) is 0.624. The van der Waals surface area contributed by atoms with Crippen LogP contribution in [0.25, 0.3) is 0 Å². The van der Waals surface area contributed by atoms with E-state index in [1.165, 1.54) is 17.8 Å². The molecule has 0 aromatic heterocycles. The largest absolute Gasteiger partial charge is 0.497 e. The van der Waals surface area contributed by atoms with Crippen LogP contribution in [0.15, 0.2) is 41.3 Å². The number of nitro groups is 1. The molecule has 1 amide bonds. The maximum absolute atomic E-state index is 12.2. The van der Waals surface area contributed by atoms with Crippen LogP contribution in [-0.4, -0.2) is 23.7 Å². The molecule has 0 saturated carbocycles. The highest BCUT2D eigenvalue weighted by Crippen LogP contribution is 2.30. The van der Waals surface area contributed by atoms with Gasteiger partial charge in [0.25, 0.3) is 5.69 Å². The molecule has 0 aliphatic rings. The maximum Gasteiger partial charge on any atom is 0.293 e. The van der Waals surface area contributed by atoms with E-state index in [-0.39, 0.29) is 23.0 Å². The lowest BCUT2D eigenvalue weighted by Gasteiger charge is -2.11. The predicted molar refractivity (Wildman–Crippen MR) is 94.9 cm³/mol. The Bertz CT molecular complexity index is 760. The number of carbonyl (C=O) groups excluding carboxylic acids is 1. The van der Waals surface area contributed by atoms with Crippen LogP contribution in [-0.2, 0) is 4.79 Å². The number of hydrogen-bond donors (Lipinski definition) is 1. The Labute approximate surface area is 144 Å². The van der Waals surface area contributed by atoms with E-state index < -0.39 is 4.92 Å². The molecule has 2 aromatic rings. The van der Waals surface area contributed by atoms with Gasteiger partial charge in [-0.1, -0.05) is 6.07 Å². The number of benzene rings is 2. The number of ether oxygens (including phenoxy) is 1. The van der Waals surface area contributed by atoms with Gasteiger partial charge in [-0.15, -0.1) is 11.8 Å². The van der Waals surface area contributed by atoms with Gasteiger partial charge in [-0.3, -0.25) is 14.9 Å². The van der Waals surface area contributed by atoms with Crippen molar-refractivity contribution in [2.45, 2.75) is 18.7 Å². The molecular weight excluding hydrogens is 328 g/mol. The normalized spacial score (nSPS) is 10.3. The van der Waals surface area contributed by atoms with Crippen LogP contribution < -0.4 is 10.1 Å². The summed E-state index contributed by atoms with van der Waals surface area (Å²) in [5.41, 5.74) is 1.76. The summed E-state index contributed by atoms with van der Waals surface area (Å²) in [6.07, 6.45) is 0. The second kappa shape index (κ2) is 7.83. The lowest BCUT2D eigenvalue weighted by molar-refractivity contribution is -0.384. The molecule has 0 unspecified atom stereocenters. The minimum absolute atomic E-state index is 0.0964. The van der Waals surface area contributed by atoms with Gasteiger partial charge in [0, 0.05) is 11.0 Å². The van der Waals surface area contributed by atoms with Gasteiger partial charge in [-0.2, -0.15) is 0 Å². The van der Waals surface area contributed by atoms with E-state index in [1.54, 1.807) is 20.1 Å². The van der Waals surface area contributed by atoms with Crippen molar-refractivity contribution in [3.05, 3.63) is 57.6 Å². The number of nitrogens with one attached hydrogen (secondary N) is 1. The number of nitrogens with zero attached hydrogens (tertiary/aromatic N) is 1. The molecule has 2 aromatic carbocycles. The zero-order valence-corrected chi connectivity index (χ0v) is 14.5. The predicted octanol–water partition coefficient (Wildman–Crippen LogP) is 3.95. The maximum atomic E-state index is 12.2. The monoisotopic (exact) mass is 346 g/mol. The summed E-state index contributed by atoms with van der Waals surface area (Å²) >= 11 is 1.35. The molecule has 0 aliphatic carbocycles. The number of aryl methyl sites for hydroxylation is 1. The third-order valence-electron chi connectivity index (χ3n) is 3.60. The third-order valence-corrected chi connectivity index (χ3v) is 4.62. The van der Waals surface area contributed by atoms with E-state index in [2.05, 4.69) is 5.32 Å². The molecule has 0 aliphatic heterocycles. The first-order valence-electron chi connectivity index (χ1n) is 7.23. The Balaban J connectivity index is 2.06. The summed E-state index contributed by atoms with van der Waals surface area (Å²) in [4.78, 5) is 23.7. The zero-order valence-electron chi connectivity index (χ0n) is 13.7. The molecule has 0 heterocycles.